The first-order chi connectivity index (χ1) is 9.16. The SMILES string of the molecule is CCC(C)(C)CC(=O)Sc1cc(C(=O)O)c(F)cc1Cl. The summed E-state index contributed by atoms with van der Waals surface area (Å²) in [6, 6.07) is 2.02. The van der Waals surface area contributed by atoms with Gasteiger partial charge >= 0.3 is 5.97 Å². The van der Waals surface area contributed by atoms with Crippen molar-refractivity contribution < 1.29 is 19.1 Å². The van der Waals surface area contributed by atoms with Gasteiger partial charge in [0.05, 0.1) is 10.6 Å². The normalized spacial score (nSPS) is 11.4. The van der Waals surface area contributed by atoms with Crippen molar-refractivity contribution in [3.63, 3.8) is 0 Å². The van der Waals surface area contributed by atoms with Crippen LogP contribution in [0, 0.1) is 11.2 Å². The zero-order valence-corrected chi connectivity index (χ0v) is 13.1. The first kappa shape index (κ1) is 17.0. The molecule has 3 nitrogen and oxygen atoms in total. The van der Waals surface area contributed by atoms with Crippen LogP contribution in [0.4, 0.5) is 4.39 Å². The van der Waals surface area contributed by atoms with E-state index in [0.717, 1.165) is 30.3 Å². The van der Waals surface area contributed by atoms with E-state index in [4.69, 9.17) is 16.7 Å². The number of carboxylic acids is 1. The molecule has 0 radical (unpaired) electrons. The van der Waals surface area contributed by atoms with E-state index in [9.17, 15) is 14.0 Å². The molecule has 110 valence electrons. The van der Waals surface area contributed by atoms with Crippen molar-refractivity contribution >= 4 is 34.4 Å². The van der Waals surface area contributed by atoms with Gasteiger partial charge in [-0.25, -0.2) is 9.18 Å². The molecular weight excluding hydrogens is 303 g/mol. The van der Waals surface area contributed by atoms with E-state index in [-0.39, 0.29) is 20.4 Å². The molecule has 20 heavy (non-hydrogen) atoms. The molecule has 0 aliphatic heterocycles. The maximum Gasteiger partial charge on any atom is 0.338 e. The predicted octanol–water partition coefficient (Wildman–Crippen LogP) is 4.62. The van der Waals surface area contributed by atoms with Crippen LogP contribution in [-0.2, 0) is 4.79 Å². The molecule has 0 spiro atoms. The van der Waals surface area contributed by atoms with Gasteiger partial charge in [0.1, 0.15) is 5.82 Å². The number of benzene rings is 1. The minimum atomic E-state index is -1.39. The summed E-state index contributed by atoms with van der Waals surface area (Å²) in [4.78, 5) is 23.1. The predicted molar refractivity (Wildman–Crippen MR) is 77.9 cm³/mol. The molecule has 0 aliphatic carbocycles. The van der Waals surface area contributed by atoms with E-state index >= 15 is 0 Å². The Bertz CT molecular complexity index is 543. The molecule has 1 rings (SSSR count). The summed E-state index contributed by atoms with van der Waals surface area (Å²) < 4.78 is 13.4. The molecule has 0 saturated heterocycles. The fourth-order valence-electron chi connectivity index (χ4n) is 1.45. The van der Waals surface area contributed by atoms with Gasteiger partial charge < -0.3 is 5.11 Å². The van der Waals surface area contributed by atoms with E-state index in [1.165, 1.54) is 0 Å². The van der Waals surface area contributed by atoms with Crippen LogP contribution >= 0.6 is 23.4 Å². The lowest BCUT2D eigenvalue weighted by molar-refractivity contribution is -0.112. The zero-order chi connectivity index (χ0) is 15.5. The fourth-order valence-corrected chi connectivity index (χ4v) is 2.75. The van der Waals surface area contributed by atoms with Crippen molar-refractivity contribution in [2.75, 3.05) is 0 Å². The smallest absolute Gasteiger partial charge is 0.338 e. The highest BCUT2D eigenvalue weighted by molar-refractivity contribution is 8.13. The summed E-state index contributed by atoms with van der Waals surface area (Å²) >= 11 is 6.70. The number of hydrogen-bond donors (Lipinski definition) is 1. The van der Waals surface area contributed by atoms with Crippen LogP contribution in [0.25, 0.3) is 0 Å². The molecule has 0 unspecified atom stereocenters. The molecule has 6 heteroatoms. The van der Waals surface area contributed by atoms with Crippen molar-refractivity contribution in [1.82, 2.24) is 0 Å². The average molecular weight is 319 g/mol. The van der Waals surface area contributed by atoms with E-state index in [1.807, 2.05) is 20.8 Å². The molecule has 0 heterocycles. The Morgan fingerprint density at radius 3 is 2.50 bits per heavy atom. The highest BCUT2D eigenvalue weighted by Gasteiger charge is 2.22. The van der Waals surface area contributed by atoms with Gasteiger partial charge in [-0.1, -0.05) is 50.6 Å². The lowest BCUT2D eigenvalue weighted by Gasteiger charge is -2.21. The molecule has 0 aliphatic rings. The third-order valence-corrected chi connectivity index (χ3v) is 4.41. The molecule has 0 aromatic heterocycles. The van der Waals surface area contributed by atoms with Gasteiger partial charge in [0.25, 0.3) is 0 Å². The molecule has 0 amide bonds. The maximum absolute atomic E-state index is 13.4. The van der Waals surface area contributed by atoms with Gasteiger partial charge in [0.15, 0.2) is 5.12 Å². The number of hydrogen-bond acceptors (Lipinski definition) is 3. The molecule has 0 saturated carbocycles. The van der Waals surface area contributed by atoms with Gasteiger partial charge in [-0.3, -0.25) is 4.79 Å². The third-order valence-electron chi connectivity index (χ3n) is 3.06. The van der Waals surface area contributed by atoms with Crippen molar-refractivity contribution in [2.24, 2.45) is 5.41 Å². The number of aromatic carboxylic acids is 1. The van der Waals surface area contributed by atoms with Crippen molar-refractivity contribution in [3.05, 3.63) is 28.5 Å². The van der Waals surface area contributed by atoms with Gasteiger partial charge in [-0.2, -0.15) is 0 Å². The van der Waals surface area contributed by atoms with Crippen molar-refractivity contribution in [3.8, 4) is 0 Å². The first-order valence-electron chi connectivity index (χ1n) is 6.09. The van der Waals surface area contributed by atoms with Crippen LogP contribution in [0.2, 0.25) is 5.02 Å². The number of carboxylic acid groups (broad SMARTS) is 1. The van der Waals surface area contributed by atoms with Crippen LogP contribution < -0.4 is 0 Å². The third kappa shape index (κ3) is 4.49. The lowest BCUT2D eigenvalue weighted by Crippen LogP contribution is -2.14. The van der Waals surface area contributed by atoms with Crippen molar-refractivity contribution in [1.29, 1.82) is 0 Å². The second kappa shape index (κ2) is 6.59. The van der Waals surface area contributed by atoms with E-state index < -0.39 is 17.3 Å². The van der Waals surface area contributed by atoms with Crippen LogP contribution in [0.1, 0.15) is 44.0 Å². The minimum absolute atomic E-state index is 0.0418. The first-order valence-corrected chi connectivity index (χ1v) is 7.28. The van der Waals surface area contributed by atoms with Crippen LogP contribution in [0.5, 0.6) is 0 Å². The second-order valence-corrected chi connectivity index (χ2v) is 6.74. The fraction of sp³-hybridized carbons (Fsp3) is 0.429. The molecule has 1 aromatic carbocycles. The Balaban J connectivity index is 2.95. The number of halogens is 2. The topological polar surface area (TPSA) is 54.4 Å². The molecule has 1 N–H and O–H groups in total. The van der Waals surface area contributed by atoms with Gasteiger partial charge in [0.2, 0.25) is 0 Å². The Hall–Kier alpha value is -1.07. The molecule has 0 atom stereocenters. The monoisotopic (exact) mass is 318 g/mol. The zero-order valence-electron chi connectivity index (χ0n) is 11.5. The largest absolute Gasteiger partial charge is 0.478 e. The van der Waals surface area contributed by atoms with Gasteiger partial charge in [-0.05, 0) is 17.5 Å². The second-order valence-electron chi connectivity index (χ2n) is 5.24. The van der Waals surface area contributed by atoms with Gasteiger partial charge in [0, 0.05) is 11.3 Å². The Morgan fingerprint density at radius 2 is 2.00 bits per heavy atom. The van der Waals surface area contributed by atoms with E-state index in [1.54, 1.807) is 0 Å². The highest BCUT2D eigenvalue weighted by atomic mass is 35.5. The number of carbonyl (C=O) groups excluding carboxylic acids is 1. The standard InChI is InChI=1S/C14H16ClFO3S/c1-4-14(2,3)7-12(17)20-11-5-8(13(18)19)10(16)6-9(11)15/h5-6H,4,7H2,1-3H3,(H,18,19). The van der Waals surface area contributed by atoms with Crippen LogP contribution in [0.3, 0.4) is 0 Å². The molecule has 1 aromatic rings. The summed E-state index contributed by atoms with van der Waals surface area (Å²) in [5, 5.41) is 8.78. The average Bonchev–Trinajstić information content (AvgIpc) is 2.31. The van der Waals surface area contributed by atoms with Gasteiger partial charge in [-0.15, -0.1) is 0 Å². The highest BCUT2D eigenvalue weighted by Crippen LogP contribution is 2.34. The van der Waals surface area contributed by atoms with E-state index in [2.05, 4.69) is 0 Å². The number of thioether (sulfide) groups is 1. The van der Waals surface area contributed by atoms with Crippen LogP contribution in [0.15, 0.2) is 17.0 Å². The quantitative estimate of drug-likeness (QED) is 0.805. The summed E-state index contributed by atoms with van der Waals surface area (Å²) in [6.45, 7) is 5.94. The Kier molecular flexibility index (Phi) is 5.59. The number of rotatable bonds is 5. The summed E-state index contributed by atoms with van der Waals surface area (Å²) in [5.41, 5.74) is -0.619. The summed E-state index contributed by atoms with van der Waals surface area (Å²) in [6.07, 6.45) is 1.18. The Labute approximate surface area is 126 Å². The lowest BCUT2D eigenvalue weighted by atomic mass is 9.87. The Morgan fingerprint density at radius 1 is 1.40 bits per heavy atom. The maximum atomic E-state index is 13.4. The van der Waals surface area contributed by atoms with E-state index in [0.29, 0.717) is 6.42 Å². The van der Waals surface area contributed by atoms with Crippen LogP contribution in [-0.4, -0.2) is 16.2 Å². The minimum Gasteiger partial charge on any atom is -0.478 e. The molecule has 0 fully saturated rings. The van der Waals surface area contributed by atoms with Crippen molar-refractivity contribution in [2.45, 2.75) is 38.5 Å². The summed E-state index contributed by atoms with van der Waals surface area (Å²) in [5.74, 6) is -2.30. The summed E-state index contributed by atoms with van der Waals surface area (Å²) in [7, 11) is 0. The number of carbonyl (C=O) groups is 2. The molecular formula is C14H16ClFO3S. The molecule has 0 bridgehead atoms.